The Morgan fingerprint density at radius 3 is 3.04 bits per heavy atom. The summed E-state index contributed by atoms with van der Waals surface area (Å²) in [5.74, 6) is 1.13. The van der Waals surface area contributed by atoms with Gasteiger partial charge in [0.15, 0.2) is 0 Å². The Morgan fingerprint density at radius 1 is 1.35 bits per heavy atom. The van der Waals surface area contributed by atoms with Crippen LogP contribution in [-0.4, -0.2) is 59.9 Å². The van der Waals surface area contributed by atoms with Crippen molar-refractivity contribution in [2.24, 2.45) is 5.92 Å². The number of aromatic nitrogens is 2. The van der Waals surface area contributed by atoms with Crippen LogP contribution in [-0.2, 0) is 16.0 Å². The summed E-state index contributed by atoms with van der Waals surface area (Å²) in [5, 5.41) is 3.32. The summed E-state index contributed by atoms with van der Waals surface area (Å²) in [6.45, 7) is 8.08. The predicted octanol–water partition coefficient (Wildman–Crippen LogP) is 2.57. The zero-order chi connectivity index (χ0) is 17.8. The Kier molecular flexibility index (Phi) is 5.49. The molecule has 6 nitrogen and oxygen atoms in total. The van der Waals surface area contributed by atoms with E-state index in [0.717, 1.165) is 45.8 Å². The number of hydrogen-bond acceptors (Lipinski definition) is 7. The first-order valence-corrected chi connectivity index (χ1v) is 10.0. The van der Waals surface area contributed by atoms with Gasteiger partial charge in [-0.2, -0.15) is 0 Å². The molecule has 1 N–H and O–H groups in total. The Balaban J connectivity index is 1.34. The Morgan fingerprint density at radius 2 is 2.23 bits per heavy atom. The molecule has 140 valence electrons. The van der Waals surface area contributed by atoms with Crippen molar-refractivity contribution in [2.45, 2.75) is 25.5 Å². The van der Waals surface area contributed by atoms with Gasteiger partial charge in [-0.25, -0.2) is 9.97 Å². The molecule has 0 saturated carbocycles. The van der Waals surface area contributed by atoms with E-state index < -0.39 is 0 Å². The molecule has 2 aliphatic heterocycles. The second-order valence-corrected chi connectivity index (χ2v) is 8.67. The van der Waals surface area contributed by atoms with Crippen LogP contribution in [0.15, 0.2) is 30.6 Å². The van der Waals surface area contributed by atoms with Crippen LogP contribution in [0.5, 0.6) is 0 Å². The van der Waals surface area contributed by atoms with Crippen LogP contribution in [0.25, 0.3) is 0 Å². The Labute approximate surface area is 158 Å². The SMILES string of the molecule is Cc1ccc(CN2CCOCC3(CC(CNc4ncccn4)CO3)C2)s1. The zero-order valence-electron chi connectivity index (χ0n) is 15.2. The minimum absolute atomic E-state index is 0.188. The number of aryl methyl sites for hydroxylation is 1. The molecule has 2 aliphatic rings. The average Bonchev–Trinajstić information content (AvgIpc) is 3.18. The second-order valence-electron chi connectivity index (χ2n) is 7.29. The number of nitrogens with zero attached hydrogens (tertiary/aromatic N) is 3. The molecule has 0 amide bonds. The van der Waals surface area contributed by atoms with Gasteiger partial charge in [0.05, 0.1) is 19.8 Å². The maximum Gasteiger partial charge on any atom is 0.222 e. The number of hydrogen-bond donors (Lipinski definition) is 1. The lowest BCUT2D eigenvalue weighted by Crippen LogP contribution is -2.43. The summed E-state index contributed by atoms with van der Waals surface area (Å²) >= 11 is 1.88. The van der Waals surface area contributed by atoms with E-state index in [1.54, 1.807) is 12.4 Å². The molecule has 26 heavy (non-hydrogen) atoms. The molecule has 2 unspecified atom stereocenters. The first-order valence-electron chi connectivity index (χ1n) is 9.21. The molecule has 0 bridgehead atoms. The van der Waals surface area contributed by atoms with Crippen molar-refractivity contribution in [2.75, 3.05) is 44.8 Å². The third-order valence-electron chi connectivity index (χ3n) is 5.00. The highest BCUT2D eigenvalue weighted by molar-refractivity contribution is 7.11. The summed E-state index contributed by atoms with van der Waals surface area (Å²) < 4.78 is 12.2. The highest BCUT2D eigenvalue weighted by Gasteiger charge is 2.43. The first-order chi connectivity index (χ1) is 12.7. The largest absolute Gasteiger partial charge is 0.377 e. The molecule has 2 aromatic heterocycles. The van der Waals surface area contributed by atoms with E-state index >= 15 is 0 Å². The average molecular weight is 375 g/mol. The van der Waals surface area contributed by atoms with Gasteiger partial charge in [0.1, 0.15) is 5.60 Å². The number of nitrogens with one attached hydrogen (secondary N) is 1. The molecule has 4 rings (SSSR count). The van der Waals surface area contributed by atoms with E-state index in [9.17, 15) is 0 Å². The molecule has 2 saturated heterocycles. The molecule has 4 heterocycles. The van der Waals surface area contributed by atoms with Crippen molar-refractivity contribution in [1.29, 1.82) is 0 Å². The van der Waals surface area contributed by atoms with E-state index in [2.05, 4.69) is 39.2 Å². The van der Waals surface area contributed by atoms with Gasteiger partial charge in [0, 0.05) is 54.2 Å². The van der Waals surface area contributed by atoms with E-state index in [4.69, 9.17) is 9.47 Å². The van der Waals surface area contributed by atoms with Gasteiger partial charge in [-0.15, -0.1) is 11.3 Å². The summed E-state index contributed by atoms with van der Waals surface area (Å²) in [6.07, 6.45) is 4.52. The van der Waals surface area contributed by atoms with Crippen molar-refractivity contribution >= 4 is 17.3 Å². The fraction of sp³-hybridized carbons (Fsp3) is 0.579. The minimum Gasteiger partial charge on any atom is -0.377 e. The molecular formula is C19H26N4O2S. The minimum atomic E-state index is -0.188. The van der Waals surface area contributed by atoms with E-state index in [-0.39, 0.29) is 5.60 Å². The predicted molar refractivity (Wildman–Crippen MR) is 102 cm³/mol. The lowest BCUT2D eigenvalue weighted by atomic mass is 9.94. The van der Waals surface area contributed by atoms with Crippen LogP contribution in [0, 0.1) is 12.8 Å². The third kappa shape index (κ3) is 4.40. The van der Waals surface area contributed by atoms with Crippen LogP contribution in [0.4, 0.5) is 5.95 Å². The number of rotatable bonds is 5. The van der Waals surface area contributed by atoms with Gasteiger partial charge < -0.3 is 14.8 Å². The van der Waals surface area contributed by atoms with Crippen molar-refractivity contribution in [3.8, 4) is 0 Å². The van der Waals surface area contributed by atoms with Crippen LogP contribution in [0.3, 0.4) is 0 Å². The van der Waals surface area contributed by atoms with Gasteiger partial charge in [0.2, 0.25) is 5.95 Å². The van der Waals surface area contributed by atoms with Gasteiger partial charge in [-0.3, -0.25) is 4.90 Å². The van der Waals surface area contributed by atoms with Crippen molar-refractivity contribution in [3.63, 3.8) is 0 Å². The standard InChI is InChI=1S/C19H26N4O2S/c1-15-3-4-17(26-15)11-23-7-8-24-14-19(13-23)9-16(12-25-19)10-22-18-20-5-2-6-21-18/h2-6,16H,7-14H2,1H3,(H,20,21,22). The second kappa shape index (κ2) is 8.00. The molecular weight excluding hydrogens is 348 g/mol. The van der Waals surface area contributed by atoms with Crippen molar-refractivity contribution < 1.29 is 9.47 Å². The Hall–Kier alpha value is -1.54. The number of ether oxygens (including phenoxy) is 2. The van der Waals surface area contributed by atoms with Gasteiger partial charge in [0.25, 0.3) is 0 Å². The van der Waals surface area contributed by atoms with E-state index in [1.807, 2.05) is 17.4 Å². The highest BCUT2D eigenvalue weighted by Crippen LogP contribution is 2.33. The van der Waals surface area contributed by atoms with Gasteiger partial charge in [-0.1, -0.05) is 0 Å². The van der Waals surface area contributed by atoms with Gasteiger partial charge >= 0.3 is 0 Å². The summed E-state index contributed by atoms with van der Waals surface area (Å²) in [7, 11) is 0. The maximum absolute atomic E-state index is 6.29. The Bertz CT molecular complexity index is 711. The van der Waals surface area contributed by atoms with E-state index in [1.165, 1.54) is 9.75 Å². The molecule has 0 aliphatic carbocycles. The molecule has 2 aromatic rings. The van der Waals surface area contributed by atoms with Crippen LogP contribution in [0.2, 0.25) is 0 Å². The molecule has 7 heteroatoms. The fourth-order valence-corrected chi connectivity index (χ4v) is 4.75. The zero-order valence-corrected chi connectivity index (χ0v) is 16.0. The molecule has 0 radical (unpaired) electrons. The van der Waals surface area contributed by atoms with Crippen LogP contribution in [0.1, 0.15) is 16.2 Å². The first kappa shape index (κ1) is 17.9. The monoisotopic (exact) mass is 374 g/mol. The summed E-state index contributed by atoms with van der Waals surface area (Å²) in [5.41, 5.74) is -0.188. The topological polar surface area (TPSA) is 59.5 Å². The van der Waals surface area contributed by atoms with Crippen molar-refractivity contribution in [1.82, 2.24) is 14.9 Å². The fourth-order valence-electron chi connectivity index (χ4n) is 3.82. The van der Waals surface area contributed by atoms with Crippen LogP contribution >= 0.6 is 11.3 Å². The number of anilines is 1. The molecule has 2 atom stereocenters. The number of thiophene rings is 1. The highest BCUT2D eigenvalue weighted by atomic mass is 32.1. The smallest absolute Gasteiger partial charge is 0.222 e. The molecule has 0 aromatic carbocycles. The normalized spacial score (nSPS) is 26.9. The van der Waals surface area contributed by atoms with Crippen molar-refractivity contribution in [3.05, 3.63) is 40.3 Å². The quantitative estimate of drug-likeness (QED) is 0.868. The van der Waals surface area contributed by atoms with Crippen LogP contribution < -0.4 is 5.32 Å². The summed E-state index contributed by atoms with van der Waals surface area (Å²) in [4.78, 5) is 13.7. The summed E-state index contributed by atoms with van der Waals surface area (Å²) in [6, 6.07) is 6.26. The van der Waals surface area contributed by atoms with E-state index in [0.29, 0.717) is 18.5 Å². The maximum atomic E-state index is 6.29. The molecule has 1 spiro atoms. The molecule has 2 fully saturated rings. The third-order valence-corrected chi connectivity index (χ3v) is 5.99. The lowest BCUT2D eigenvalue weighted by molar-refractivity contribution is -0.0561. The lowest BCUT2D eigenvalue weighted by Gasteiger charge is -2.31. The van der Waals surface area contributed by atoms with Gasteiger partial charge in [-0.05, 0) is 31.5 Å².